The Balaban J connectivity index is 2.05. The van der Waals surface area contributed by atoms with E-state index in [1.54, 1.807) is 23.5 Å². The maximum absolute atomic E-state index is 12.6. The fraction of sp³-hybridized carbons (Fsp3) is 0.600. The van der Waals surface area contributed by atoms with Gasteiger partial charge in [-0.3, -0.25) is 0 Å². The Morgan fingerprint density at radius 2 is 1.86 bits per heavy atom. The van der Waals surface area contributed by atoms with E-state index in [4.69, 9.17) is 4.74 Å². The summed E-state index contributed by atoms with van der Waals surface area (Å²) in [7, 11) is 0.216. The van der Waals surface area contributed by atoms with Crippen molar-refractivity contribution < 1.29 is 13.2 Å². The van der Waals surface area contributed by atoms with Gasteiger partial charge >= 0.3 is 0 Å². The molecule has 5 nitrogen and oxygen atoms in total. The highest BCUT2D eigenvalue weighted by Crippen LogP contribution is 2.22. The lowest BCUT2D eigenvalue weighted by atomic mass is 10.1. The zero-order valence-electron chi connectivity index (χ0n) is 12.7. The summed E-state index contributed by atoms with van der Waals surface area (Å²) in [6.07, 6.45) is 2.60. The number of methoxy groups -OCH3 is 1. The standard InChI is InChI=1S/C15H24N2O3S/c1-16-10-7-13-3-5-15(6-4-13)21(18,19)17-11-8-14(20-2)9-12-17/h3-6,14,16H,7-12H2,1-2H3. The second-order valence-electron chi connectivity index (χ2n) is 5.34. The first kappa shape index (κ1) is 16.4. The fourth-order valence-electron chi connectivity index (χ4n) is 2.55. The van der Waals surface area contributed by atoms with E-state index in [2.05, 4.69) is 5.32 Å². The smallest absolute Gasteiger partial charge is 0.243 e. The van der Waals surface area contributed by atoms with Gasteiger partial charge in [-0.2, -0.15) is 4.31 Å². The molecule has 1 fully saturated rings. The van der Waals surface area contributed by atoms with Crippen molar-refractivity contribution in [3.8, 4) is 0 Å². The van der Waals surface area contributed by atoms with Gasteiger partial charge in [0.2, 0.25) is 10.0 Å². The molecule has 0 aliphatic carbocycles. The lowest BCUT2D eigenvalue weighted by molar-refractivity contribution is 0.0604. The highest BCUT2D eigenvalue weighted by Gasteiger charge is 2.29. The van der Waals surface area contributed by atoms with Crippen molar-refractivity contribution in [2.45, 2.75) is 30.3 Å². The number of piperidine rings is 1. The lowest BCUT2D eigenvalue weighted by Gasteiger charge is -2.30. The average molecular weight is 312 g/mol. The molecule has 1 aliphatic rings. The monoisotopic (exact) mass is 312 g/mol. The maximum Gasteiger partial charge on any atom is 0.243 e. The number of nitrogens with one attached hydrogen (secondary N) is 1. The van der Waals surface area contributed by atoms with Gasteiger partial charge in [0.05, 0.1) is 11.0 Å². The molecule has 6 heteroatoms. The van der Waals surface area contributed by atoms with Gasteiger partial charge in [0.1, 0.15) is 0 Å². The van der Waals surface area contributed by atoms with Crippen LogP contribution in [0.1, 0.15) is 18.4 Å². The molecule has 1 heterocycles. The van der Waals surface area contributed by atoms with Gasteiger partial charge in [-0.1, -0.05) is 12.1 Å². The Labute approximate surface area is 127 Å². The Kier molecular flexibility index (Phi) is 5.75. The van der Waals surface area contributed by atoms with Gasteiger partial charge in [0.25, 0.3) is 0 Å². The average Bonchev–Trinajstić information content (AvgIpc) is 2.53. The van der Waals surface area contributed by atoms with Crippen LogP contribution in [0.5, 0.6) is 0 Å². The summed E-state index contributed by atoms with van der Waals surface area (Å²) < 4.78 is 32.0. The normalized spacial score (nSPS) is 18.0. The molecule has 1 aliphatic heterocycles. The zero-order chi connectivity index (χ0) is 15.3. The Morgan fingerprint density at radius 1 is 1.24 bits per heavy atom. The third-order valence-electron chi connectivity index (χ3n) is 3.96. The highest BCUT2D eigenvalue weighted by molar-refractivity contribution is 7.89. The number of hydrogen-bond donors (Lipinski definition) is 1. The van der Waals surface area contributed by atoms with Crippen molar-refractivity contribution in [2.75, 3.05) is 33.8 Å². The number of ether oxygens (including phenoxy) is 1. The van der Waals surface area contributed by atoms with Gasteiger partial charge < -0.3 is 10.1 Å². The summed E-state index contributed by atoms with van der Waals surface area (Å²) in [5.41, 5.74) is 1.14. The minimum Gasteiger partial charge on any atom is -0.381 e. The molecule has 0 radical (unpaired) electrons. The lowest BCUT2D eigenvalue weighted by Crippen LogP contribution is -2.40. The molecule has 2 rings (SSSR count). The third-order valence-corrected chi connectivity index (χ3v) is 5.87. The number of likely N-dealkylation sites (N-methyl/N-ethyl adjacent to an activating group) is 1. The summed E-state index contributed by atoms with van der Waals surface area (Å²) in [5.74, 6) is 0. The quantitative estimate of drug-likeness (QED) is 0.859. The molecule has 1 saturated heterocycles. The number of hydrogen-bond acceptors (Lipinski definition) is 4. The molecule has 0 unspecified atom stereocenters. The van der Waals surface area contributed by atoms with Gasteiger partial charge in [-0.05, 0) is 50.6 Å². The van der Waals surface area contributed by atoms with Crippen LogP contribution in [0.4, 0.5) is 0 Å². The summed E-state index contributed by atoms with van der Waals surface area (Å²) in [6.45, 7) is 1.95. The predicted molar refractivity (Wildman–Crippen MR) is 82.9 cm³/mol. The van der Waals surface area contributed by atoms with E-state index < -0.39 is 10.0 Å². The summed E-state index contributed by atoms with van der Waals surface area (Å²) in [5, 5.41) is 3.08. The van der Waals surface area contributed by atoms with Gasteiger partial charge in [0, 0.05) is 20.2 Å². The van der Waals surface area contributed by atoms with Crippen LogP contribution in [0.15, 0.2) is 29.2 Å². The first-order valence-electron chi connectivity index (χ1n) is 7.34. The van der Waals surface area contributed by atoms with Crippen molar-refractivity contribution >= 4 is 10.0 Å². The molecule has 0 aromatic heterocycles. The van der Waals surface area contributed by atoms with E-state index in [1.165, 1.54) is 0 Å². The van der Waals surface area contributed by atoms with Crippen LogP contribution in [0.3, 0.4) is 0 Å². The molecule has 118 valence electrons. The minimum atomic E-state index is -3.37. The maximum atomic E-state index is 12.6. The molecule has 0 amide bonds. The van der Waals surface area contributed by atoms with Crippen LogP contribution in [0.2, 0.25) is 0 Å². The zero-order valence-corrected chi connectivity index (χ0v) is 13.5. The van der Waals surface area contributed by atoms with Crippen molar-refractivity contribution in [2.24, 2.45) is 0 Å². The summed E-state index contributed by atoms with van der Waals surface area (Å²) in [4.78, 5) is 0.381. The van der Waals surface area contributed by atoms with Crippen LogP contribution in [-0.2, 0) is 21.2 Å². The summed E-state index contributed by atoms with van der Waals surface area (Å²) in [6, 6.07) is 7.21. The fourth-order valence-corrected chi connectivity index (χ4v) is 4.02. The molecule has 1 aromatic carbocycles. The molecular weight excluding hydrogens is 288 g/mol. The molecule has 0 atom stereocenters. The van der Waals surface area contributed by atoms with E-state index >= 15 is 0 Å². The van der Waals surface area contributed by atoms with E-state index in [-0.39, 0.29) is 6.10 Å². The SMILES string of the molecule is CNCCc1ccc(S(=O)(=O)N2CCC(OC)CC2)cc1. The van der Waals surface area contributed by atoms with E-state index in [0.717, 1.165) is 31.4 Å². The summed E-state index contributed by atoms with van der Waals surface area (Å²) >= 11 is 0. The van der Waals surface area contributed by atoms with Gasteiger partial charge in [-0.15, -0.1) is 0 Å². The Bertz CT molecular complexity index is 535. The predicted octanol–water partition coefficient (Wildman–Crippen LogP) is 1.25. The van der Waals surface area contributed by atoms with Crippen LogP contribution in [-0.4, -0.2) is 52.6 Å². The van der Waals surface area contributed by atoms with E-state index in [9.17, 15) is 8.42 Å². The van der Waals surface area contributed by atoms with Crippen molar-refractivity contribution in [1.82, 2.24) is 9.62 Å². The Hall–Kier alpha value is -0.950. The largest absolute Gasteiger partial charge is 0.381 e. The van der Waals surface area contributed by atoms with Crippen molar-refractivity contribution in [3.05, 3.63) is 29.8 Å². The van der Waals surface area contributed by atoms with Gasteiger partial charge in [0.15, 0.2) is 0 Å². The first-order valence-corrected chi connectivity index (χ1v) is 8.78. The van der Waals surface area contributed by atoms with Crippen LogP contribution in [0.25, 0.3) is 0 Å². The minimum absolute atomic E-state index is 0.181. The number of benzene rings is 1. The van der Waals surface area contributed by atoms with E-state index in [1.807, 2.05) is 19.2 Å². The van der Waals surface area contributed by atoms with Crippen LogP contribution >= 0.6 is 0 Å². The van der Waals surface area contributed by atoms with Crippen molar-refractivity contribution in [1.29, 1.82) is 0 Å². The first-order chi connectivity index (χ1) is 10.1. The second-order valence-corrected chi connectivity index (χ2v) is 7.27. The number of rotatable bonds is 6. The molecule has 0 spiro atoms. The Morgan fingerprint density at radius 3 is 2.38 bits per heavy atom. The molecular formula is C15H24N2O3S. The molecule has 1 N–H and O–H groups in total. The van der Waals surface area contributed by atoms with E-state index in [0.29, 0.717) is 18.0 Å². The molecule has 0 bridgehead atoms. The van der Waals surface area contributed by atoms with Crippen molar-refractivity contribution in [3.63, 3.8) is 0 Å². The molecule has 1 aromatic rings. The van der Waals surface area contributed by atoms with Crippen LogP contribution in [0, 0.1) is 0 Å². The topological polar surface area (TPSA) is 58.6 Å². The number of sulfonamides is 1. The third kappa shape index (κ3) is 4.03. The van der Waals surface area contributed by atoms with Gasteiger partial charge in [-0.25, -0.2) is 8.42 Å². The second kappa shape index (κ2) is 7.35. The number of nitrogens with zero attached hydrogens (tertiary/aromatic N) is 1. The molecule has 21 heavy (non-hydrogen) atoms. The molecule has 0 saturated carbocycles. The van der Waals surface area contributed by atoms with Crippen LogP contribution < -0.4 is 5.32 Å². The highest BCUT2D eigenvalue weighted by atomic mass is 32.2.